The minimum atomic E-state index is -0.424. The van der Waals surface area contributed by atoms with Gasteiger partial charge in [-0.15, -0.1) is 0 Å². The fraction of sp³-hybridized carbons (Fsp3) is 0.273. The molecule has 0 unspecified atom stereocenters. The van der Waals surface area contributed by atoms with Crippen molar-refractivity contribution in [2.45, 2.75) is 13.3 Å². The van der Waals surface area contributed by atoms with E-state index in [1.54, 1.807) is 13.0 Å². The number of nitrogen functional groups attached to an aromatic ring is 1. The first-order chi connectivity index (χ1) is 7.56. The minimum absolute atomic E-state index is 0.0591. The molecule has 0 radical (unpaired) electrons. The van der Waals surface area contributed by atoms with E-state index in [1.807, 2.05) is 12.2 Å². The van der Waals surface area contributed by atoms with E-state index in [1.165, 1.54) is 6.07 Å². The molecule has 0 saturated carbocycles. The number of nitro groups is 1. The highest BCUT2D eigenvalue weighted by molar-refractivity contribution is 7.80. The second-order valence-electron chi connectivity index (χ2n) is 3.44. The summed E-state index contributed by atoms with van der Waals surface area (Å²) >= 11 is 4.08. The molecule has 0 fully saturated rings. The number of benzene rings is 1. The Hall–Kier alpha value is -1.49. The Morgan fingerprint density at radius 3 is 2.81 bits per heavy atom. The van der Waals surface area contributed by atoms with E-state index >= 15 is 0 Å². The maximum Gasteiger partial charge on any atom is 0.274 e. The van der Waals surface area contributed by atoms with Crippen LogP contribution in [0.4, 0.5) is 11.4 Å². The summed E-state index contributed by atoms with van der Waals surface area (Å²) in [7, 11) is 0. The van der Waals surface area contributed by atoms with Gasteiger partial charge in [0.05, 0.1) is 4.92 Å². The van der Waals surface area contributed by atoms with Gasteiger partial charge in [-0.2, -0.15) is 12.6 Å². The molecule has 0 atom stereocenters. The first kappa shape index (κ1) is 12.6. The molecule has 4 nitrogen and oxygen atoms in total. The molecular formula is C11H14N2O2S. The molecule has 1 aromatic rings. The molecule has 0 aromatic heterocycles. The fourth-order valence-electron chi connectivity index (χ4n) is 1.36. The topological polar surface area (TPSA) is 69.2 Å². The molecule has 0 spiro atoms. The van der Waals surface area contributed by atoms with Gasteiger partial charge in [-0.05, 0) is 30.7 Å². The number of allylic oxidation sites excluding steroid dienone is 1. The van der Waals surface area contributed by atoms with Gasteiger partial charge in [-0.25, -0.2) is 0 Å². The summed E-state index contributed by atoms with van der Waals surface area (Å²) in [5.74, 6) is 0.766. The Bertz CT molecular complexity index is 430. The molecule has 0 aliphatic heterocycles. The first-order valence-corrected chi connectivity index (χ1v) is 5.51. The molecule has 0 amide bonds. The lowest BCUT2D eigenvalue weighted by Crippen LogP contribution is -1.96. The van der Waals surface area contributed by atoms with Crippen molar-refractivity contribution in [2.75, 3.05) is 11.5 Å². The van der Waals surface area contributed by atoms with Gasteiger partial charge in [-0.3, -0.25) is 10.1 Å². The average Bonchev–Trinajstić information content (AvgIpc) is 2.22. The molecule has 2 N–H and O–H groups in total. The molecule has 0 aliphatic rings. The molecule has 1 aromatic carbocycles. The highest BCUT2D eigenvalue weighted by Crippen LogP contribution is 2.25. The number of anilines is 1. The van der Waals surface area contributed by atoms with Crippen LogP contribution in [0, 0.1) is 17.0 Å². The molecule has 0 bridgehead atoms. The summed E-state index contributed by atoms with van der Waals surface area (Å²) in [5, 5.41) is 10.7. The van der Waals surface area contributed by atoms with E-state index in [2.05, 4.69) is 12.6 Å². The maximum absolute atomic E-state index is 10.7. The van der Waals surface area contributed by atoms with Gasteiger partial charge in [0.15, 0.2) is 0 Å². The number of nitrogens with zero attached hydrogens (tertiary/aromatic N) is 1. The van der Waals surface area contributed by atoms with Crippen molar-refractivity contribution in [1.29, 1.82) is 0 Å². The molecule has 5 heteroatoms. The zero-order chi connectivity index (χ0) is 12.1. The lowest BCUT2D eigenvalue weighted by atomic mass is 10.1. The number of hydrogen-bond acceptors (Lipinski definition) is 4. The van der Waals surface area contributed by atoms with E-state index in [0.29, 0.717) is 11.3 Å². The Kier molecular flexibility index (Phi) is 4.37. The largest absolute Gasteiger partial charge is 0.398 e. The summed E-state index contributed by atoms with van der Waals surface area (Å²) in [4.78, 5) is 10.2. The fourth-order valence-corrected chi connectivity index (χ4v) is 1.51. The van der Waals surface area contributed by atoms with Gasteiger partial charge in [0.2, 0.25) is 0 Å². The molecule has 0 heterocycles. The second kappa shape index (κ2) is 5.55. The predicted octanol–water partition coefficient (Wildman–Crippen LogP) is 2.82. The monoisotopic (exact) mass is 238 g/mol. The highest BCUT2D eigenvalue weighted by atomic mass is 32.1. The number of rotatable bonds is 4. The average molecular weight is 238 g/mol. The van der Waals surface area contributed by atoms with Crippen molar-refractivity contribution in [3.63, 3.8) is 0 Å². The van der Waals surface area contributed by atoms with Crippen molar-refractivity contribution in [2.24, 2.45) is 0 Å². The molecule has 86 valence electrons. The SMILES string of the molecule is Cc1cc(C=CCCS)c(N)cc1[N+](=O)[O-]. The van der Waals surface area contributed by atoms with Gasteiger partial charge in [0.1, 0.15) is 0 Å². The van der Waals surface area contributed by atoms with Crippen molar-refractivity contribution in [3.05, 3.63) is 39.4 Å². The van der Waals surface area contributed by atoms with E-state index < -0.39 is 4.92 Å². The normalized spacial score (nSPS) is 10.9. The van der Waals surface area contributed by atoms with Crippen molar-refractivity contribution in [3.8, 4) is 0 Å². The van der Waals surface area contributed by atoms with Gasteiger partial charge < -0.3 is 5.73 Å². The molecule has 1 rings (SSSR count). The van der Waals surface area contributed by atoms with Crippen LogP contribution >= 0.6 is 12.6 Å². The van der Waals surface area contributed by atoms with E-state index in [0.717, 1.165) is 17.7 Å². The number of nitro benzene ring substituents is 1. The lowest BCUT2D eigenvalue weighted by molar-refractivity contribution is -0.385. The zero-order valence-corrected chi connectivity index (χ0v) is 9.91. The van der Waals surface area contributed by atoms with Crippen LogP contribution in [0.25, 0.3) is 6.08 Å². The lowest BCUT2D eigenvalue weighted by Gasteiger charge is -2.03. The second-order valence-corrected chi connectivity index (χ2v) is 3.89. The van der Waals surface area contributed by atoms with Crippen molar-refractivity contribution >= 4 is 30.1 Å². The molecule has 0 saturated heterocycles. The Morgan fingerprint density at radius 1 is 1.56 bits per heavy atom. The van der Waals surface area contributed by atoms with Crippen LogP contribution in [-0.2, 0) is 0 Å². The van der Waals surface area contributed by atoms with Crippen LogP contribution in [0.15, 0.2) is 18.2 Å². The predicted molar refractivity (Wildman–Crippen MR) is 69.7 cm³/mol. The van der Waals surface area contributed by atoms with Crippen LogP contribution in [0.3, 0.4) is 0 Å². The third-order valence-corrected chi connectivity index (χ3v) is 2.45. The van der Waals surface area contributed by atoms with Crippen LogP contribution in [-0.4, -0.2) is 10.7 Å². The molecule has 0 aliphatic carbocycles. The summed E-state index contributed by atoms with van der Waals surface area (Å²) in [6, 6.07) is 3.12. The van der Waals surface area contributed by atoms with Gasteiger partial charge in [0, 0.05) is 17.3 Å². The number of thiol groups is 1. The molecular weight excluding hydrogens is 224 g/mol. The minimum Gasteiger partial charge on any atom is -0.398 e. The smallest absolute Gasteiger partial charge is 0.274 e. The van der Waals surface area contributed by atoms with Crippen molar-refractivity contribution < 1.29 is 4.92 Å². The standard InChI is InChI=1S/C11H14N2O2S/c1-8-6-9(4-2-3-5-16)10(12)7-11(8)13(14)15/h2,4,6-7,16H,3,5,12H2,1H3. The Morgan fingerprint density at radius 2 is 2.25 bits per heavy atom. The number of hydrogen-bond donors (Lipinski definition) is 2. The van der Waals surface area contributed by atoms with E-state index in [4.69, 9.17) is 5.73 Å². The number of nitrogens with two attached hydrogens (primary N) is 1. The molecule has 16 heavy (non-hydrogen) atoms. The quantitative estimate of drug-likeness (QED) is 0.367. The Balaban J connectivity index is 3.05. The third-order valence-electron chi connectivity index (χ3n) is 2.19. The number of aryl methyl sites for hydroxylation is 1. The summed E-state index contributed by atoms with van der Waals surface area (Å²) in [6.07, 6.45) is 4.66. The third kappa shape index (κ3) is 3.00. The summed E-state index contributed by atoms with van der Waals surface area (Å²) in [5.41, 5.74) is 7.64. The van der Waals surface area contributed by atoms with Crippen LogP contribution in [0.1, 0.15) is 17.5 Å². The van der Waals surface area contributed by atoms with E-state index in [9.17, 15) is 10.1 Å². The van der Waals surface area contributed by atoms with E-state index in [-0.39, 0.29) is 5.69 Å². The summed E-state index contributed by atoms with van der Waals surface area (Å²) < 4.78 is 0. The van der Waals surface area contributed by atoms with Gasteiger partial charge >= 0.3 is 0 Å². The van der Waals surface area contributed by atoms with Crippen LogP contribution in [0.2, 0.25) is 0 Å². The summed E-state index contributed by atoms with van der Waals surface area (Å²) in [6.45, 7) is 1.70. The van der Waals surface area contributed by atoms with Gasteiger partial charge in [-0.1, -0.05) is 12.2 Å². The first-order valence-electron chi connectivity index (χ1n) is 4.88. The van der Waals surface area contributed by atoms with Crippen molar-refractivity contribution in [1.82, 2.24) is 0 Å². The van der Waals surface area contributed by atoms with Crippen LogP contribution in [0.5, 0.6) is 0 Å². The highest BCUT2D eigenvalue weighted by Gasteiger charge is 2.12. The Labute approximate surface area is 99.7 Å². The van der Waals surface area contributed by atoms with Gasteiger partial charge in [0.25, 0.3) is 5.69 Å². The van der Waals surface area contributed by atoms with Crippen LogP contribution < -0.4 is 5.73 Å². The zero-order valence-electron chi connectivity index (χ0n) is 9.01. The maximum atomic E-state index is 10.7.